The van der Waals surface area contributed by atoms with Crippen LogP contribution >= 0.6 is 0 Å². The number of hydrogen-bond donors (Lipinski definition) is 1. The summed E-state index contributed by atoms with van der Waals surface area (Å²) in [5, 5.41) is 0. The molecular formula is C6H12N2O4S. The quantitative estimate of drug-likeness (QED) is 0.604. The van der Waals surface area contributed by atoms with Crippen LogP contribution in [0.4, 0.5) is 4.79 Å². The molecule has 1 saturated heterocycles. The molecule has 13 heavy (non-hydrogen) atoms. The van der Waals surface area contributed by atoms with Gasteiger partial charge in [0.1, 0.15) is 6.61 Å². The largest absolute Gasteiger partial charge is 0.447 e. The molecule has 1 aliphatic heterocycles. The first-order chi connectivity index (χ1) is 6.25. The molecule has 1 fully saturated rings. The van der Waals surface area contributed by atoms with Crippen LogP contribution in [0, 0.1) is 0 Å². The van der Waals surface area contributed by atoms with E-state index in [9.17, 15) is 9.00 Å². The Morgan fingerprint density at radius 2 is 2.54 bits per heavy atom. The molecule has 6 nitrogen and oxygen atoms in total. The molecular weight excluding hydrogens is 196 g/mol. The lowest BCUT2D eigenvalue weighted by Crippen LogP contribution is -2.37. The Morgan fingerprint density at radius 1 is 1.77 bits per heavy atom. The van der Waals surface area contributed by atoms with Gasteiger partial charge in [-0.15, -0.1) is 0 Å². The van der Waals surface area contributed by atoms with Crippen molar-refractivity contribution in [1.29, 1.82) is 0 Å². The number of amides is 1. The predicted octanol–water partition coefficient (Wildman–Crippen LogP) is -0.747. The standard InChI is InChI=1S/C6H12N2O4S/c1-11-4-2-7-13(10)8-3-5-12-6(8)9/h7H,2-5H2,1H3. The molecule has 1 aliphatic rings. The molecule has 1 rings (SSSR count). The summed E-state index contributed by atoms with van der Waals surface area (Å²) in [4.78, 5) is 10.9. The van der Waals surface area contributed by atoms with Crippen LogP contribution in [0.3, 0.4) is 0 Å². The number of carbonyl (C=O) groups excluding carboxylic acids is 1. The van der Waals surface area contributed by atoms with E-state index in [1.807, 2.05) is 0 Å². The third-order valence-electron chi connectivity index (χ3n) is 1.46. The van der Waals surface area contributed by atoms with Crippen molar-refractivity contribution in [3.63, 3.8) is 0 Å². The van der Waals surface area contributed by atoms with E-state index < -0.39 is 17.3 Å². The summed E-state index contributed by atoms with van der Waals surface area (Å²) < 4.78 is 24.4. The van der Waals surface area contributed by atoms with E-state index in [0.717, 1.165) is 4.31 Å². The number of methoxy groups -OCH3 is 1. The smallest absolute Gasteiger partial charge is 0.422 e. The second-order valence-corrected chi connectivity index (χ2v) is 3.58. The van der Waals surface area contributed by atoms with E-state index in [0.29, 0.717) is 26.3 Å². The van der Waals surface area contributed by atoms with Crippen molar-refractivity contribution in [3.05, 3.63) is 0 Å². The third kappa shape index (κ3) is 2.94. The summed E-state index contributed by atoms with van der Waals surface area (Å²) in [7, 11) is 1.55. The van der Waals surface area contributed by atoms with Gasteiger partial charge in [0.25, 0.3) is 0 Å². The predicted molar refractivity (Wildman–Crippen MR) is 46.1 cm³/mol. The van der Waals surface area contributed by atoms with E-state index in [2.05, 4.69) is 9.46 Å². The number of ether oxygens (including phenoxy) is 2. The molecule has 1 atom stereocenters. The van der Waals surface area contributed by atoms with Gasteiger partial charge in [-0.2, -0.15) is 0 Å². The maximum absolute atomic E-state index is 11.3. The Balaban J connectivity index is 2.26. The monoisotopic (exact) mass is 208 g/mol. The first kappa shape index (κ1) is 10.4. The summed E-state index contributed by atoms with van der Waals surface area (Å²) in [6.45, 7) is 1.56. The van der Waals surface area contributed by atoms with Crippen molar-refractivity contribution in [2.45, 2.75) is 0 Å². The molecule has 1 heterocycles. The van der Waals surface area contributed by atoms with Crippen molar-refractivity contribution in [2.24, 2.45) is 0 Å². The molecule has 0 aromatic heterocycles. The van der Waals surface area contributed by atoms with Gasteiger partial charge in [0.2, 0.25) is 11.2 Å². The second kappa shape index (κ2) is 5.15. The van der Waals surface area contributed by atoms with Gasteiger partial charge in [0, 0.05) is 13.7 Å². The summed E-state index contributed by atoms with van der Waals surface area (Å²) in [5.41, 5.74) is 0. The maximum atomic E-state index is 11.3. The van der Waals surface area contributed by atoms with Crippen molar-refractivity contribution in [1.82, 2.24) is 9.03 Å². The second-order valence-electron chi connectivity index (χ2n) is 2.35. The zero-order valence-electron chi connectivity index (χ0n) is 7.32. The summed E-state index contributed by atoms with van der Waals surface area (Å²) >= 11 is -1.50. The van der Waals surface area contributed by atoms with E-state index in [4.69, 9.17) is 4.74 Å². The molecule has 7 heteroatoms. The highest BCUT2D eigenvalue weighted by Gasteiger charge is 2.26. The number of nitrogens with one attached hydrogen (secondary N) is 1. The highest BCUT2D eigenvalue weighted by atomic mass is 32.2. The molecule has 76 valence electrons. The third-order valence-corrected chi connectivity index (χ3v) is 2.64. The van der Waals surface area contributed by atoms with Crippen LogP contribution in [0.1, 0.15) is 0 Å². The molecule has 0 aliphatic carbocycles. The first-order valence-electron chi connectivity index (χ1n) is 3.84. The Bertz CT molecular complexity index is 211. The van der Waals surface area contributed by atoms with Gasteiger partial charge in [-0.05, 0) is 0 Å². The van der Waals surface area contributed by atoms with Gasteiger partial charge < -0.3 is 9.47 Å². The van der Waals surface area contributed by atoms with Crippen molar-refractivity contribution in [3.8, 4) is 0 Å². The molecule has 0 aromatic rings. The fourth-order valence-electron chi connectivity index (χ4n) is 0.839. The molecule has 1 amide bonds. The number of hydrogen-bond acceptors (Lipinski definition) is 4. The van der Waals surface area contributed by atoms with Crippen LogP contribution < -0.4 is 4.72 Å². The minimum Gasteiger partial charge on any atom is -0.447 e. The highest BCUT2D eigenvalue weighted by Crippen LogP contribution is 2.04. The maximum Gasteiger partial charge on any atom is 0.422 e. The summed E-state index contributed by atoms with van der Waals surface area (Å²) in [5.74, 6) is 0. The van der Waals surface area contributed by atoms with Crippen LogP contribution in [-0.2, 0) is 20.6 Å². The van der Waals surface area contributed by atoms with Gasteiger partial charge >= 0.3 is 6.09 Å². The van der Waals surface area contributed by atoms with Crippen molar-refractivity contribution in [2.75, 3.05) is 33.4 Å². The molecule has 1 N–H and O–H groups in total. The fourth-order valence-corrected chi connectivity index (χ4v) is 1.68. The number of carbonyl (C=O) groups is 1. The number of rotatable bonds is 5. The Labute approximate surface area is 78.9 Å². The molecule has 0 saturated carbocycles. The average Bonchev–Trinajstić information content (AvgIpc) is 2.52. The zero-order chi connectivity index (χ0) is 9.68. The zero-order valence-corrected chi connectivity index (χ0v) is 8.13. The topological polar surface area (TPSA) is 67.9 Å². The van der Waals surface area contributed by atoms with Crippen LogP contribution in [-0.4, -0.2) is 48.0 Å². The number of cyclic esters (lactones) is 1. The van der Waals surface area contributed by atoms with Gasteiger partial charge in [-0.3, -0.25) is 0 Å². The van der Waals surface area contributed by atoms with Gasteiger partial charge in [-0.25, -0.2) is 18.0 Å². The van der Waals surface area contributed by atoms with E-state index in [1.54, 1.807) is 7.11 Å². The molecule has 0 aromatic carbocycles. The molecule has 1 unspecified atom stereocenters. The summed E-state index contributed by atoms with van der Waals surface area (Å²) in [6, 6.07) is 0. The SMILES string of the molecule is COCCNS(=O)N1CCOC1=O. The molecule has 0 bridgehead atoms. The van der Waals surface area contributed by atoms with Crippen molar-refractivity contribution >= 4 is 17.3 Å². The minimum atomic E-state index is -1.50. The van der Waals surface area contributed by atoms with Crippen LogP contribution in [0.25, 0.3) is 0 Å². The Morgan fingerprint density at radius 3 is 3.08 bits per heavy atom. The van der Waals surface area contributed by atoms with Crippen LogP contribution in [0.15, 0.2) is 0 Å². The lowest BCUT2D eigenvalue weighted by atomic mass is 10.7. The highest BCUT2D eigenvalue weighted by molar-refractivity contribution is 7.81. The van der Waals surface area contributed by atoms with Crippen LogP contribution in [0.2, 0.25) is 0 Å². The lowest BCUT2D eigenvalue weighted by molar-refractivity contribution is 0.170. The Kier molecular flexibility index (Phi) is 4.13. The van der Waals surface area contributed by atoms with E-state index >= 15 is 0 Å². The van der Waals surface area contributed by atoms with E-state index in [-0.39, 0.29) is 0 Å². The normalized spacial score (nSPS) is 18.8. The number of nitrogens with zero attached hydrogens (tertiary/aromatic N) is 1. The van der Waals surface area contributed by atoms with Crippen LogP contribution in [0.5, 0.6) is 0 Å². The molecule has 0 spiro atoms. The van der Waals surface area contributed by atoms with Gasteiger partial charge in [-0.1, -0.05) is 0 Å². The van der Waals surface area contributed by atoms with Crippen molar-refractivity contribution < 1.29 is 18.5 Å². The average molecular weight is 208 g/mol. The Hall–Kier alpha value is -0.660. The molecule has 0 radical (unpaired) electrons. The van der Waals surface area contributed by atoms with Gasteiger partial charge in [0.05, 0.1) is 13.2 Å². The minimum absolute atomic E-state index is 0.302. The fraction of sp³-hybridized carbons (Fsp3) is 0.833. The van der Waals surface area contributed by atoms with E-state index in [1.165, 1.54) is 0 Å². The lowest BCUT2D eigenvalue weighted by Gasteiger charge is -2.11. The van der Waals surface area contributed by atoms with Gasteiger partial charge in [0.15, 0.2) is 0 Å². The summed E-state index contributed by atoms with van der Waals surface area (Å²) in [6.07, 6.45) is -0.539. The first-order valence-corrected chi connectivity index (χ1v) is 4.95.